The molecule has 1 aromatic rings. The molecule has 0 spiro atoms. The zero-order valence-corrected chi connectivity index (χ0v) is 13.8. The standard InChI is InChI=1S/C16H28N4O/c1-6-8-9-20(12(4)7-2)14-10-11(3)18-13(5)15(14)16(17)19-21/h10,12,21H,6-9H2,1-5H3,(H2,17,19). The number of unbranched alkanes of at least 4 members (excludes halogenated alkanes) is 1. The van der Waals surface area contributed by atoms with Crippen LogP contribution in [0.5, 0.6) is 0 Å². The van der Waals surface area contributed by atoms with Crippen LogP contribution in [-0.2, 0) is 0 Å². The van der Waals surface area contributed by atoms with Crippen molar-refractivity contribution in [2.45, 2.75) is 59.9 Å². The number of hydrogen-bond acceptors (Lipinski definition) is 4. The summed E-state index contributed by atoms with van der Waals surface area (Å²) in [5.41, 5.74) is 9.38. The molecule has 1 heterocycles. The summed E-state index contributed by atoms with van der Waals surface area (Å²) < 4.78 is 0. The summed E-state index contributed by atoms with van der Waals surface area (Å²) in [6.45, 7) is 11.4. The van der Waals surface area contributed by atoms with E-state index in [1.807, 2.05) is 19.9 Å². The van der Waals surface area contributed by atoms with Crippen LogP contribution in [0.1, 0.15) is 57.0 Å². The van der Waals surface area contributed by atoms with Gasteiger partial charge in [-0.05, 0) is 39.7 Å². The Hall–Kier alpha value is -1.78. The highest BCUT2D eigenvalue weighted by atomic mass is 16.4. The molecule has 1 atom stereocenters. The van der Waals surface area contributed by atoms with Gasteiger partial charge in [-0.25, -0.2) is 0 Å². The summed E-state index contributed by atoms with van der Waals surface area (Å²) in [5, 5.41) is 12.3. The molecule has 1 unspecified atom stereocenters. The monoisotopic (exact) mass is 292 g/mol. The summed E-state index contributed by atoms with van der Waals surface area (Å²) in [4.78, 5) is 6.80. The largest absolute Gasteiger partial charge is 0.409 e. The van der Waals surface area contributed by atoms with Crippen LogP contribution < -0.4 is 10.6 Å². The molecule has 0 radical (unpaired) electrons. The highest BCUT2D eigenvalue weighted by Crippen LogP contribution is 2.27. The molecule has 0 aliphatic heterocycles. The maximum Gasteiger partial charge on any atom is 0.174 e. The van der Waals surface area contributed by atoms with E-state index in [0.717, 1.165) is 48.4 Å². The average molecular weight is 292 g/mol. The van der Waals surface area contributed by atoms with Crippen LogP contribution in [0.25, 0.3) is 0 Å². The van der Waals surface area contributed by atoms with Crippen LogP contribution >= 0.6 is 0 Å². The highest BCUT2D eigenvalue weighted by Gasteiger charge is 2.21. The SMILES string of the molecule is CCCCN(c1cc(C)nc(C)c1/C(N)=N/O)C(C)CC. The molecule has 0 fully saturated rings. The molecule has 118 valence electrons. The predicted octanol–water partition coefficient (Wildman–Crippen LogP) is 3.20. The van der Waals surface area contributed by atoms with Gasteiger partial charge in [-0.15, -0.1) is 0 Å². The third-order valence-corrected chi connectivity index (χ3v) is 3.86. The molecule has 0 aromatic carbocycles. The molecule has 0 aliphatic rings. The van der Waals surface area contributed by atoms with Crippen molar-refractivity contribution in [1.82, 2.24) is 4.98 Å². The Kier molecular flexibility index (Phi) is 6.46. The summed E-state index contributed by atoms with van der Waals surface area (Å²) in [6, 6.07) is 2.42. The van der Waals surface area contributed by atoms with Crippen LogP contribution in [0.3, 0.4) is 0 Å². The molecule has 5 nitrogen and oxygen atoms in total. The Morgan fingerprint density at radius 3 is 2.62 bits per heavy atom. The third-order valence-electron chi connectivity index (χ3n) is 3.86. The number of rotatable bonds is 7. The van der Waals surface area contributed by atoms with Crippen molar-refractivity contribution >= 4 is 11.5 Å². The normalized spacial score (nSPS) is 13.3. The van der Waals surface area contributed by atoms with E-state index in [2.05, 4.69) is 35.8 Å². The quantitative estimate of drug-likeness (QED) is 0.350. The Labute approximate surface area is 127 Å². The molecular weight excluding hydrogens is 264 g/mol. The van der Waals surface area contributed by atoms with E-state index in [4.69, 9.17) is 10.9 Å². The Balaban J connectivity index is 3.40. The molecule has 0 amide bonds. The van der Waals surface area contributed by atoms with Gasteiger partial charge in [0.05, 0.1) is 16.9 Å². The maximum atomic E-state index is 9.08. The van der Waals surface area contributed by atoms with Crippen molar-refractivity contribution in [2.75, 3.05) is 11.4 Å². The number of anilines is 1. The predicted molar refractivity (Wildman–Crippen MR) is 88.2 cm³/mol. The molecule has 3 N–H and O–H groups in total. The second-order valence-corrected chi connectivity index (χ2v) is 5.53. The van der Waals surface area contributed by atoms with E-state index in [-0.39, 0.29) is 5.84 Å². The van der Waals surface area contributed by atoms with Crippen molar-refractivity contribution in [1.29, 1.82) is 0 Å². The minimum absolute atomic E-state index is 0.125. The first-order valence-corrected chi connectivity index (χ1v) is 7.68. The number of amidine groups is 1. The minimum atomic E-state index is 0.125. The zero-order valence-electron chi connectivity index (χ0n) is 13.8. The van der Waals surface area contributed by atoms with Gasteiger partial charge >= 0.3 is 0 Å². The zero-order chi connectivity index (χ0) is 16.0. The van der Waals surface area contributed by atoms with Crippen LogP contribution in [0.2, 0.25) is 0 Å². The maximum absolute atomic E-state index is 9.08. The van der Waals surface area contributed by atoms with E-state index in [1.54, 1.807) is 0 Å². The summed E-state index contributed by atoms with van der Waals surface area (Å²) in [7, 11) is 0. The van der Waals surface area contributed by atoms with Gasteiger partial charge in [0, 0.05) is 18.3 Å². The molecular formula is C16H28N4O. The second-order valence-electron chi connectivity index (χ2n) is 5.53. The molecule has 5 heteroatoms. The Morgan fingerprint density at radius 2 is 2.10 bits per heavy atom. The van der Waals surface area contributed by atoms with Crippen LogP contribution in [0.15, 0.2) is 11.2 Å². The lowest BCUT2D eigenvalue weighted by Gasteiger charge is -2.33. The van der Waals surface area contributed by atoms with E-state index in [0.29, 0.717) is 6.04 Å². The fourth-order valence-corrected chi connectivity index (χ4v) is 2.53. The molecule has 1 aromatic heterocycles. The first kappa shape index (κ1) is 17.3. The third kappa shape index (κ3) is 4.09. The van der Waals surface area contributed by atoms with Gasteiger partial charge in [-0.1, -0.05) is 25.4 Å². The van der Waals surface area contributed by atoms with Gasteiger partial charge < -0.3 is 15.8 Å². The van der Waals surface area contributed by atoms with Crippen molar-refractivity contribution in [3.63, 3.8) is 0 Å². The number of hydrogen-bond donors (Lipinski definition) is 2. The number of pyridine rings is 1. The average Bonchev–Trinajstić information content (AvgIpc) is 2.46. The van der Waals surface area contributed by atoms with Crippen LogP contribution in [-0.4, -0.2) is 28.6 Å². The number of oxime groups is 1. The molecule has 0 saturated carbocycles. The Bertz CT molecular complexity index is 499. The summed E-state index contributed by atoms with van der Waals surface area (Å²) in [5.74, 6) is 0.125. The minimum Gasteiger partial charge on any atom is -0.409 e. The summed E-state index contributed by atoms with van der Waals surface area (Å²) >= 11 is 0. The lowest BCUT2D eigenvalue weighted by atomic mass is 10.1. The van der Waals surface area contributed by atoms with Crippen LogP contribution in [0.4, 0.5) is 5.69 Å². The van der Waals surface area contributed by atoms with Crippen molar-refractivity contribution < 1.29 is 5.21 Å². The lowest BCUT2D eigenvalue weighted by Crippen LogP contribution is -2.36. The molecule has 0 aliphatic carbocycles. The van der Waals surface area contributed by atoms with Gasteiger partial charge in [-0.2, -0.15) is 0 Å². The first-order chi connectivity index (χ1) is 9.96. The fraction of sp³-hybridized carbons (Fsp3) is 0.625. The van der Waals surface area contributed by atoms with Crippen molar-refractivity contribution in [3.8, 4) is 0 Å². The number of aromatic nitrogens is 1. The Morgan fingerprint density at radius 1 is 1.43 bits per heavy atom. The number of nitrogens with two attached hydrogens (primary N) is 1. The van der Waals surface area contributed by atoms with Gasteiger partial charge in [0.15, 0.2) is 5.84 Å². The van der Waals surface area contributed by atoms with E-state index >= 15 is 0 Å². The van der Waals surface area contributed by atoms with Gasteiger partial charge in [-0.3, -0.25) is 4.98 Å². The number of aryl methyl sites for hydroxylation is 2. The van der Waals surface area contributed by atoms with E-state index in [1.165, 1.54) is 0 Å². The number of nitrogens with zero attached hydrogens (tertiary/aromatic N) is 3. The van der Waals surface area contributed by atoms with Gasteiger partial charge in [0.1, 0.15) is 0 Å². The van der Waals surface area contributed by atoms with E-state index < -0.39 is 0 Å². The summed E-state index contributed by atoms with van der Waals surface area (Å²) in [6.07, 6.45) is 3.29. The first-order valence-electron chi connectivity index (χ1n) is 7.68. The molecule has 0 saturated heterocycles. The molecule has 21 heavy (non-hydrogen) atoms. The molecule has 0 bridgehead atoms. The topological polar surface area (TPSA) is 74.7 Å². The van der Waals surface area contributed by atoms with E-state index in [9.17, 15) is 0 Å². The van der Waals surface area contributed by atoms with Gasteiger partial charge in [0.2, 0.25) is 0 Å². The fourth-order valence-electron chi connectivity index (χ4n) is 2.53. The smallest absolute Gasteiger partial charge is 0.174 e. The second kappa shape index (κ2) is 7.86. The van der Waals surface area contributed by atoms with Crippen molar-refractivity contribution in [2.24, 2.45) is 10.9 Å². The van der Waals surface area contributed by atoms with Crippen LogP contribution in [0, 0.1) is 13.8 Å². The highest BCUT2D eigenvalue weighted by molar-refractivity contribution is 6.03. The van der Waals surface area contributed by atoms with Gasteiger partial charge in [0.25, 0.3) is 0 Å². The van der Waals surface area contributed by atoms with Crippen molar-refractivity contribution in [3.05, 3.63) is 23.0 Å². The lowest BCUT2D eigenvalue weighted by molar-refractivity contribution is 0.318. The molecule has 1 rings (SSSR count).